The number of rotatable bonds is 5. The van der Waals surface area contributed by atoms with Gasteiger partial charge in [-0.1, -0.05) is 27.7 Å². The number of carbonyl (C=O) groups excluding carboxylic acids is 1. The van der Waals surface area contributed by atoms with Gasteiger partial charge in [0.1, 0.15) is 11.6 Å². The fourth-order valence-corrected chi connectivity index (χ4v) is 2.80. The summed E-state index contributed by atoms with van der Waals surface area (Å²) in [4.78, 5) is 12.4. The van der Waals surface area contributed by atoms with Gasteiger partial charge in [0.05, 0.1) is 17.1 Å². The van der Waals surface area contributed by atoms with E-state index in [2.05, 4.69) is 43.6 Å². The van der Waals surface area contributed by atoms with E-state index in [4.69, 9.17) is 4.74 Å². The summed E-state index contributed by atoms with van der Waals surface area (Å²) in [7, 11) is 1.44. The fraction of sp³-hybridized carbons (Fsp3) is 0.562. The Morgan fingerprint density at radius 3 is 2.50 bits per heavy atom. The van der Waals surface area contributed by atoms with Crippen molar-refractivity contribution in [2.75, 3.05) is 7.11 Å². The molecule has 0 N–H and O–H groups in total. The van der Waals surface area contributed by atoms with Crippen molar-refractivity contribution in [2.24, 2.45) is 11.3 Å². The normalized spacial score (nSPS) is 13.2. The van der Waals surface area contributed by atoms with E-state index in [-0.39, 0.29) is 21.6 Å². The number of hydrogen-bond donors (Lipinski definition) is 0. The van der Waals surface area contributed by atoms with Gasteiger partial charge in [-0.2, -0.15) is 0 Å². The number of Topliss-reactive ketones (excluding diaryl/α,β-unsaturated/α-hetero) is 1. The molecule has 0 amide bonds. The van der Waals surface area contributed by atoms with Crippen LogP contribution < -0.4 is 4.74 Å². The first-order valence-electron chi connectivity index (χ1n) is 6.70. The summed E-state index contributed by atoms with van der Waals surface area (Å²) in [6.45, 7) is 8.53. The topological polar surface area (TPSA) is 26.3 Å². The number of ether oxygens (including phenoxy) is 1. The first kappa shape index (κ1) is 17.2. The van der Waals surface area contributed by atoms with Crippen molar-refractivity contribution in [1.82, 2.24) is 0 Å². The predicted molar refractivity (Wildman–Crippen MR) is 82.8 cm³/mol. The smallest absolute Gasteiger partial charge is 0.166 e. The molecule has 0 saturated carbocycles. The van der Waals surface area contributed by atoms with Crippen molar-refractivity contribution < 1.29 is 13.9 Å². The Morgan fingerprint density at radius 1 is 1.40 bits per heavy atom. The quantitative estimate of drug-likeness (QED) is 0.682. The summed E-state index contributed by atoms with van der Waals surface area (Å²) >= 11 is 3.11. The number of hydrogen-bond acceptors (Lipinski definition) is 2. The van der Waals surface area contributed by atoms with Gasteiger partial charge in [-0.05, 0) is 39.8 Å². The van der Waals surface area contributed by atoms with Crippen LogP contribution in [0.25, 0.3) is 0 Å². The van der Waals surface area contributed by atoms with Crippen molar-refractivity contribution in [3.63, 3.8) is 0 Å². The fourth-order valence-electron chi connectivity index (χ4n) is 2.46. The molecule has 0 bridgehead atoms. The zero-order valence-electron chi connectivity index (χ0n) is 12.7. The Hall–Kier alpha value is -0.900. The molecular weight excluding hydrogens is 323 g/mol. The van der Waals surface area contributed by atoms with Gasteiger partial charge in [-0.25, -0.2) is 4.39 Å². The Bertz CT molecular complexity index is 492. The molecule has 0 heterocycles. The van der Waals surface area contributed by atoms with E-state index in [9.17, 15) is 9.18 Å². The third kappa shape index (κ3) is 4.89. The summed E-state index contributed by atoms with van der Waals surface area (Å²) in [5.74, 6) is 0.120. The van der Waals surface area contributed by atoms with Crippen molar-refractivity contribution in [3.8, 4) is 5.75 Å². The largest absolute Gasteiger partial charge is 0.496 e. The van der Waals surface area contributed by atoms with Gasteiger partial charge in [0, 0.05) is 12.5 Å². The van der Waals surface area contributed by atoms with Crippen LogP contribution in [0.2, 0.25) is 0 Å². The van der Waals surface area contributed by atoms with Gasteiger partial charge in [0.15, 0.2) is 5.78 Å². The lowest BCUT2D eigenvalue weighted by molar-refractivity contribution is 0.0951. The van der Waals surface area contributed by atoms with Crippen molar-refractivity contribution in [1.29, 1.82) is 0 Å². The van der Waals surface area contributed by atoms with Gasteiger partial charge < -0.3 is 4.74 Å². The lowest BCUT2D eigenvalue weighted by atomic mass is 9.83. The molecule has 112 valence electrons. The maximum absolute atomic E-state index is 13.5. The van der Waals surface area contributed by atoms with Crippen LogP contribution in [-0.4, -0.2) is 12.9 Å². The Morgan fingerprint density at radius 2 is 2.00 bits per heavy atom. The van der Waals surface area contributed by atoms with Crippen LogP contribution in [-0.2, 0) is 0 Å². The SMILES string of the molecule is COc1cc(F)c(Br)cc1C(=O)CC(C)CC(C)(C)C. The number of ketones is 1. The average molecular weight is 345 g/mol. The van der Waals surface area contributed by atoms with E-state index in [0.29, 0.717) is 17.7 Å². The lowest BCUT2D eigenvalue weighted by Crippen LogP contribution is -2.15. The molecule has 20 heavy (non-hydrogen) atoms. The Kier molecular flexibility index (Phi) is 5.75. The van der Waals surface area contributed by atoms with E-state index in [1.165, 1.54) is 19.2 Å². The molecule has 1 unspecified atom stereocenters. The van der Waals surface area contributed by atoms with Gasteiger partial charge >= 0.3 is 0 Å². The van der Waals surface area contributed by atoms with E-state index in [0.717, 1.165) is 6.42 Å². The Balaban J connectivity index is 2.90. The van der Waals surface area contributed by atoms with Crippen molar-refractivity contribution in [2.45, 2.75) is 40.5 Å². The highest BCUT2D eigenvalue weighted by Crippen LogP contribution is 2.31. The second kappa shape index (κ2) is 6.70. The molecule has 1 rings (SSSR count). The maximum Gasteiger partial charge on any atom is 0.166 e. The highest BCUT2D eigenvalue weighted by molar-refractivity contribution is 9.10. The minimum Gasteiger partial charge on any atom is -0.496 e. The molecule has 0 aliphatic rings. The molecule has 4 heteroatoms. The minimum absolute atomic E-state index is 0.0145. The third-order valence-corrected chi connectivity index (χ3v) is 3.65. The molecule has 1 aromatic carbocycles. The minimum atomic E-state index is -0.430. The third-order valence-electron chi connectivity index (χ3n) is 3.04. The highest BCUT2D eigenvalue weighted by Gasteiger charge is 2.21. The molecule has 0 spiro atoms. The Labute approximate surface area is 128 Å². The monoisotopic (exact) mass is 344 g/mol. The molecule has 1 aromatic rings. The molecule has 0 fully saturated rings. The summed E-state index contributed by atoms with van der Waals surface area (Å²) in [6, 6.07) is 2.74. The first-order chi connectivity index (χ1) is 9.14. The molecule has 2 nitrogen and oxygen atoms in total. The number of benzene rings is 1. The standard InChI is InChI=1S/C16H22BrFO2/c1-10(9-16(2,3)4)6-14(19)11-7-12(17)13(18)8-15(11)20-5/h7-8,10H,6,9H2,1-5H3. The maximum atomic E-state index is 13.5. The second-order valence-corrected chi connectivity index (χ2v) is 7.32. The summed E-state index contributed by atoms with van der Waals surface area (Å²) in [5.41, 5.74) is 0.620. The highest BCUT2D eigenvalue weighted by atomic mass is 79.9. The molecule has 0 saturated heterocycles. The van der Waals surface area contributed by atoms with Crippen molar-refractivity contribution in [3.05, 3.63) is 28.0 Å². The van der Waals surface area contributed by atoms with Crippen LogP contribution in [0.15, 0.2) is 16.6 Å². The van der Waals surface area contributed by atoms with Crippen molar-refractivity contribution >= 4 is 21.7 Å². The van der Waals surface area contributed by atoms with E-state index >= 15 is 0 Å². The molecule has 1 atom stereocenters. The number of carbonyl (C=O) groups is 1. The van der Waals surface area contributed by atoms with Crippen LogP contribution in [0.5, 0.6) is 5.75 Å². The van der Waals surface area contributed by atoms with Gasteiger partial charge in [0.2, 0.25) is 0 Å². The van der Waals surface area contributed by atoms with E-state index < -0.39 is 5.82 Å². The zero-order valence-corrected chi connectivity index (χ0v) is 14.3. The van der Waals surface area contributed by atoms with Crippen LogP contribution in [0.4, 0.5) is 4.39 Å². The molecule has 0 aliphatic carbocycles. The summed E-state index contributed by atoms with van der Waals surface area (Å²) < 4.78 is 18.8. The van der Waals surface area contributed by atoms with E-state index in [1.807, 2.05) is 0 Å². The van der Waals surface area contributed by atoms with Gasteiger partial charge in [-0.15, -0.1) is 0 Å². The van der Waals surface area contributed by atoms with Crippen LogP contribution in [0.1, 0.15) is 50.9 Å². The number of halogens is 2. The zero-order chi connectivity index (χ0) is 15.5. The average Bonchev–Trinajstić information content (AvgIpc) is 2.29. The van der Waals surface area contributed by atoms with Crippen LogP contribution >= 0.6 is 15.9 Å². The van der Waals surface area contributed by atoms with Gasteiger partial charge in [0.25, 0.3) is 0 Å². The molecule has 0 aliphatic heterocycles. The second-order valence-electron chi connectivity index (χ2n) is 6.46. The summed E-state index contributed by atoms with van der Waals surface area (Å²) in [5, 5.41) is 0. The van der Waals surface area contributed by atoms with Gasteiger partial charge in [-0.3, -0.25) is 4.79 Å². The molecule has 0 aromatic heterocycles. The molecular formula is C16H22BrFO2. The number of methoxy groups -OCH3 is 1. The lowest BCUT2D eigenvalue weighted by Gasteiger charge is -2.23. The summed E-state index contributed by atoms with van der Waals surface area (Å²) in [6.07, 6.45) is 1.40. The van der Waals surface area contributed by atoms with Crippen LogP contribution in [0.3, 0.4) is 0 Å². The van der Waals surface area contributed by atoms with Crippen LogP contribution in [0, 0.1) is 17.2 Å². The first-order valence-corrected chi connectivity index (χ1v) is 7.49. The molecule has 0 radical (unpaired) electrons. The predicted octanol–water partition coefficient (Wildman–Crippen LogP) is 5.24. The van der Waals surface area contributed by atoms with E-state index in [1.54, 1.807) is 0 Å².